The van der Waals surface area contributed by atoms with Gasteiger partial charge in [0.15, 0.2) is 23.1 Å². The van der Waals surface area contributed by atoms with Gasteiger partial charge in [0.1, 0.15) is 0 Å². The zero-order valence-corrected chi connectivity index (χ0v) is 19.0. The lowest BCUT2D eigenvalue weighted by Crippen LogP contribution is -2.44. The van der Waals surface area contributed by atoms with Crippen molar-refractivity contribution in [2.45, 2.75) is 71.0 Å². The van der Waals surface area contributed by atoms with E-state index in [9.17, 15) is 4.79 Å². The van der Waals surface area contributed by atoms with Crippen molar-refractivity contribution in [2.24, 2.45) is 5.73 Å². The molecule has 2 atom stereocenters. The molecule has 170 valence electrons. The Balaban J connectivity index is 1.49. The summed E-state index contributed by atoms with van der Waals surface area (Å²) in [4.78, 5) is 20.5. The Kier molecular flexibility index (Phi) is 6.74. The van der Waals surface area contributed by atoms with Gasteiger partial charge in [0.25, 0.3) is 5.56 Å². The van der Waals surface area contributed by atoms with Crippen LogP contribution in [0.25, 0.3) is 22.5 Å². The molecule has 1 aliphatic heterocycles. The summed E-state index contributed by atoms with van der Waals surface area (Å²) in [5.74, 6) is 0.407. The molecule has 7 heteroatoms. The molecule has 2 aromatic heterocycles. The monoisotopic (exact) mass is 435 g/mol. The zero-order chi connectivity index (χ0) is 22.7. The first-order chi connectivity index (χ1) is 15.5. The summed E-state index contributed by atoms with van der Waals surface area (Å²) in [6.45, 7) is 6.44. The maximum atomic E-state index is 13.3. The quantitative estimate of drug-likeness (QED) is 0.311. The third kappa shape index (κ3) is 4.63. The third-order valence-electron chi connectivity index (χ3n) is 6.63. The Morgan fingerprint density at radius 1 is 1.09 bits per heavy atom. The molecule has 1 aromatic carbocycles. The lowest BCUT2D eigenvalue weighted by molar-refractivity contribution is 0.101. The van der Waals surface area contributed by atoms with E-state index in [-0.39, 0.29) is 22.8 Å². The maximum Gasteiger partial charge on any atom is 0.280 e. The van der Waals surface area contributed by atoms with Crippen LogP contribution < -0.4 is 11.3 Å². The smallest absolute Gasteiger partial charge is 0.280 e. The second-order valence-corrected chi connectivity index (χ2v) is 8.91. The highest BCUT2D eigenvalue weighted by Crippen LogP contribution is 2.23. The van der Waals surface area contributed by atoms with Gasteiger partial charge in [-0.2, -0.15) is 0 Å². The number of aromatic nitrogens is 2. The summed E-state index contributed by atoms with van der Waals surface area (Å²) in [5.41, 5.74) is 7.17. The van der Waals surface area contributed by atoms with Crippen LogP contribution in [0.15, 0.2) is 45.6 Å². The van der Waals surface area contributed by atoms with E-state index in [4.69, 9.17) is 15.6 Å². The predicted molar refractivity (Wildman–Crippen MR) is 128 cm³/mol. The summed E-state index contributed by atoms with van der Waals surface area (Å²) in [6.07, 6.45) is 7.07. The lowest BCUT2D eigenvalue weighted by Gasteiger charge is -2.39. The van der Waals surface area contributed by atoms with Gasteiger partial charge in [0.05, 0.1) is 11.0 Å². The van der Waals surface area contributed by atoms with Gasteiger partial charge in [0.2, 0.25) is 0 Å². The Morgan fingerprint density at radius 3 is 2.53 bits per heavy atom. The van der Waals surface area contributed by atoms with Crippen molar-refractivity contribution in [3.63, 3.8) is 0 Å². The van der Waals surface area contributed by atoms with Gasteiger partial charge in [-0.05, 0) is 70.3 Å². The van der Waals surface area contributed by atoms with E-state index >= 15 is 0 Å². The molecule has 3 heterocycles. The van der Waals surface area contributed by atoms with Crippen molar-refractivity contribution in [3.05, 3.63) is 52.5 Å². The van der Waals surface area contributed by atoms with Crippen LogP contribution in [0.3, 0.4) is 0 Å². The second kappa shape index (κ2) is 9.69. The molecule has 0 amide bonds. The number of aryl methyl sites for hydroxylation is 1. The molecule has 1 fully saturated rings. The SMILES string of the molecule is CC1CCCC(C)N1CCCCCn1c(=O)c(-c2ccc(C(=N)N)o2)nc2ccccc21. The number of furan rings is 1. The average molecular weight is 436 g/mol. The number of hydrogen-bond acceptors (Lipinski definition) is 5. The average Bonchev–Trinajstić information content (AvgIpc) is 3.27. The minimum absolute atomic E-state index is 0.172. The van der Waals surface area contributed by atoms with Gasteiger partial charge in [0, 0.05) is 18.6 Å². The number of likely N-dealkylation sites (tertiary alicyclic amines) is 1. The molecular weight excluding hydrogens is 402 g/mol. The van der Waals surface area contributed by atoms with Crippen LogP contribution in [-0.2, 0) is 6.54 Å². The van der Waals surface area contributed by atoms with Gasteiger partial charge >= 0.3 is 0 Å². The number of hydrogen-bond donors (Lipinski definition) is 2. The van der Waals surface area contributed by atoms with Gasteiger partial charge in [-0.25, -0.2) is 4.98 Å². The van der Waals surface area contributed by atoms with E-state index in [0.29, 0.717) is 24.4 Å². The number of para-hydroxylation sites is 2. The highest BCUT2D eigenvalue weighted by molar-refractivity contribution is 5.92. The van der Waals surface area contributed by atoms with Gasteiger partial charge in [-0.15, -0.1) is 0 Å². The molecule has 32 heavy (non-hydrogen) atoms. The molecule has 2 unspecified atom stereocenters. The maximum absolute atomic E-state index is 13.3. The number of fused-ring (bicyclic) bond motifs is 1. The molecular formula is C25H33N5O2. The number of nitrogens with two attached hydrogens (primary N) is 1. The molecule has 0 bridgehead atoms. The van der Waals surface area contributed by atoms with Crippen LogP contribution in [-0.4, -0.2) is 38.9 Å². The van der Waals surface area contributed by atoms with Crippen molar-refractivity contribution in [1.29, 1.82) is 5.41 Å². The van der Waals surface area contributed by atoms with Crippen molar-refractivity contribution < 1.29 is 4.42 Å². The highest BCUT2D eigenvalue weighted by atomic mass is 16.3. The Hall–Kier alpha value is -2.93. The number of nitrogens with zero attached hydrogens (tertiary/aromatic N) is 3. The number of nitrogens with one attached hydrogen (secondary N) is 1. The number of rotatable bonds is 8. The molecule has 1 aliphatic rings. The van der Waals surface area contributed by atoms with E-state index in [0.717, 1.165) is 36.8 Å². The number of benzene rings is 1. The van der Waals surface area contributed by atoms with E-state index in [1.165, 1.54) is 19.3 Å². The van der Waals surface area contributed by atoms with Gasteiger partial charge < -0.3 is 14.7 Å². The third-order valence-corrected chi connectivity index (χ3v) is 6.63. The van der Waals surface area contributed by atoms with E-state index in [1.54, 1.807) is 16.7 Å². The van der Waals surface area contributed by atoms with E-state index in [2.05, 4.69) is 23.7 Å². The summed E-state index contributed by atoms with van der Waals surface area (Å²) in [5, 5.41) is 7.54. The van der Waals surface area contributed by atoms with Crippen molar-refractivity contribution in [3.8, 4) is 11.5 Å². The topological polar surface area (TPSA) is 101 Å². The molecule has 0 spiro atoms. The molecule has 0 saturated carbocycles. The van der Waals surface area contributed by atoms with Crippen LogP contribution in [0.4, 0.5) is 0 Å². The molecule has 4 rings (SSSR count). The van der Waals surface area contributed by atoms with Crippen molar-refractivity contribution >= 4 is 16.9 Å². The number of amidine groups is 1. The lowest BCUT2D eigenvalue weighted by atomic mass is 9.97. The second-order valence-electron chi connectivity index (χ2n) is 8.91. The molecule has 0 radical (unpaired) electrons. The fourth-order valence-electron chi connectivity index (χ4n) is 4.84. The molecule has 3 N–H and O–H groups in total. The predicted octanol–water partition coefficient (Wildman–Crippen LogP) is 4.37. The van der Waals surface area contributed by atoms with Crippen LogP contribution in [0, 0.1) is 5.41 Å². The Morgan fingerprint density at radius 2 is 1.81 bits per heavy atom. The standard InChI is InChI=1S/C25H33N5O2/c1-17-9-8-10-18(2)29(17)15-6-3-7-16-30-20-12-5-4-11-19(20)28-23(25(30)31)21-13-14-22(32-21)24(26)27/h4-5,11-14,17-18H,3,6-10,15-16H2,1-2H3,(H3,26,27). The van der Waals surface area contributed by atoms with Crippen LogP contribution in [0.1, 0.15) is 58.1 Å². The van der Waals surface area contributed by atoms with Gasteiger partial charge in [-0.3, -0.25) is 15.1 Å². The zero-order valence-electron chi connectivity index (χ0n) is 19.0. The molecule has 3 aromatic rings. The summed E-state index contributed by atoms with van der Waals surface area (Å²) in [6, 6.07) is 12.3. The molecule has 0 aliphatic carbocycles. The Bertz CT molecular complexity index is 1140. The first-order valence-electron chi connectivity index (χ1n) is 11.7. The molecule has 1 saturated heterocycles. The largest absolute Gasteiger partial charge is 0.451 e. The van der Waals surface area contributed by atoms with Crippen LogP contribution in [0.2, 0.25) is 0 Å². The number of unbranched alkanes of at least 4 members (excludes halogenated alkanes) is 2. The number of nitrogen functional groups attached to an aromatic ring is 1. The van der Waals surface area contributed by atoms with E-state index < -0.39 is 0 Å². The fourth-order valence-corrected chi connectivity index (χ4v) is 4.84. The van der Waals surface area contributed by atoms with Crippen molar-refractivity contribution in [2.75, 3.05) is 6.54 Å². The van der Waals surface area contributed by atoms with Crippen molar-refractivity contribution in [1.82, 2.24) is 14.5 Å². The van der Waals surface area contributed by atoms with Crippen LogP contribution >= 0.6 is 0 Å². The summed E-state index contributed by atoms with van der Waals surface area (Å²) >= 11 is 0. The highest BCUT2D eigenvalue weighted by Gasteiger charge is 2.23. The van der Waals surface area contributed by atoms with E-state index in [1.807, 2.05) is 24.3 Å². The molecule has 7 nitrogen and oxygen atoms in total. The first kappa shape index (κ1) is 22.3. The fraction of sp³-hybridized carbons (Fsp3) is 0.480. The normalized spacial score (nSPS) is 19.4. The first-order valence-corrected chi connectivity index (χ1v) is 11.7. The van der Waals surface area contributed by atoms with Crippen LogP contribution in [0.5, 0.6) is 0 Å². The summed E-state index contributed by atoms with van der Waals surface area (Å²) in [7, 11) is 0. The Labute approximate surface area is 188 Å². The summed E-state index contributed by atoms with van der Waals surface area (Å²) < 4.78 is 7.42. The van der Waals surface area contributed by atoms with Gasteiger partial charge in [-0.1, -0.05) is 25.0 Å². The minimum Gasteiger partial charge on any atom is -0.451 e. The number of piperidine rings is 1. The minimum atomic E-state index is -0.175.